The normalized spacial score (nSPS) is 11.6. The van der Waals surface area contributed by atoms with E-state index in [-0.39, 0.29) is 5.82 Å². The lowest BCUT2D eigenvalue weighted by Gasteiger charge is -2.07. The average molecular weight is 252 g/mol. The van der Waals surface area contributed by atoms with Crippen molar-refractivity contribution in [3.63, 3.8) is 0 Å². The molecule has 0 bridgehead atoms. The van der Waals surface area contributed by atoms with Crippen LogP contribution in [0, 0.1) is 5.82 Å². The highest BCUT2D eigenvalue weighted by molar-refractivity contribution is 6.21. The van der Waals surface area contributed by atoms with E-state index in [4.69, 9.17) is 5.73 Å². The summed E-state index contributed by atoms with van der Waals surface area (Å²) in [4.78, 5) is 4.29. The smallest absolute Gasteiger partial charge is 0.132 e. The number of H-pyrrole nitrogens is 1. The van der Waals surface area contributed by atoms with Crippen molar-refractivity contribution in [1.29, 1.82) is 0 Å². The minimum Gasteiger partial charge on any atom is -0.397 e. The van der Waals surface area contributed by atoms with E-state index in [1.54, 1.807) is 18.3 Å². The lowest BCUT2D eigenvalue weighted by molar-refractivity contribution is 0.639. The highest BCUT2D eigenvalue weighted by atomic mass is 19.1. The van der Waals surface area contributed by atoms with E-state index in [0.29, 0.717) is 16.6 Å². The molecule has 3 N–H and O–H groups in total. The minimum absolute atomic E-state index is 0.286. The van der Waals surface area contributed by atoms with E-state index < -0.39 is 0 Å². The molecular weight excluding hydrogens is 243 g/mol. The number of aromatic amines is 1. The molecule has 4 nitrogen and oxygen atoms in total. The molecule has 4 aromatic rings. The summed E-state index contributed by atoms with van der Waals surface area (Å²) in [5.41, 5.74) is 8.06. The molecule has 19 heavy (non-hydrogen) atoms. The average Bonchev–Trinajstić information content (AvgIpc) is 2.86. The maximum atomic E-state index is 13.8. The van der Waals surface area contributed by atoms with Crippen LogP contribution < -0.4 is 5.73 Å². The lowest BCUT2D eigenvalue weighted by Crippen LogP contribution is -1.92. The molecule has 2 heterocycles. The van der Waals surface area contributed by atoms with Crippen molar-refractivity contribution >= 4 is 38.3 Å². The maximum absolute atomic E-state index is 13.8. The lowest BCUT2D eigenvalue weighted by atomic mass is 10.0. The molecule has 0 saturated heterocycles. The molecular formula is C14H9FN4. The summed E-state index contributed by atoms with van der Waals surface area (Å²) in [6.07, 6.45) is 3.23. The zero-order chi connectivity index (χ0) is 13.0. The minimum atomic E-state index is -0.286. The van der Waals surface area contributed by atoms with Gasteiger partial charge in [-0.3, -0.25) is 10.1 Å². The topological polar surface area (TPSA) is 67.6 Å². The number of hydrogen-bond donors (Lipinski definition) is 2. The highest BCUT2D eigenvalue weighted by Gasteiger charge is 2.12. The second-order valence-corrected chi connectivity index (χ2v) is 4.48. The van der Waals surface area contributed by atoms with Crippen LogP contribution in [-0.2, 0) is 0 Å². The molecule has 5 heteroatoms. The van der Waals surface area contributed by atoms with Crippen molar-refractivity contribution in [3.8, 4) is 0 Å². The Hall–Kier alpha value is -2.69. The molecule has 0 aliphatic heterocycles. The van der Waals surface area contributed by atoms with Gasteiger partial charge in [-0.1, -0.05) is 12.1 Å². The summed E-state index contributed by atoms with van der Waals surface area (Å²) in [5, 5.41) is 9.91. The van der Waals surface area contributed by atoms with Crippen LogP contribution in [0.2, 0.25) is 0 Å². The number of fused-ring (bicyclic) bond motifs is 5. The van der Waals surface area contributed by atoms with Gasteiger partial charge in [0.2, 0.25) is 0 Å². The van der Waals surface area contributed by atoms with Crippen LogP contribution in [-0.4, -0.2) is 15.2 Å². The molecule has 0 atom stereocenters. The van der Waals surface area contributed by atoms with Crippen LogP contribution in [0.4, 0.5) is 10.1 Å². The highest BCUT2D eigenvalue weighted by Crippen LogP contribution is 2.33. The van der Waals surface area contributed by atoms with Gasteiger partial charge in [0, 0.05) is 22.4 Å². The second kappa shape index (κ2) is 3.41. The van der Waals surface area contributed by atoms with Crippen LogP contribution in [0.1, 0.15) is 0 Å². The summed E-state index contributed by atoms with van der Waals surface area (Å²) in [6, 6.07) is 6.78. The molecule has 2 aromatic carbocycles. The molecule has 0 radical (unpaired) electrons. The first-order valence-corrected chi connectivity index (χ1v) is 5.84. The van der Waals surface area contributed by atoms with Gasteiger partial charge >= 0.3 is 0 Å². The van der Waals surface area contributed by atoms with Crippen molar-refractivity contribution in [2.24, 2.45) is 0 Å². The zero-order valence-corrected chi connectivity index (χ0v) is 9.81. The molecule has 4 rings (SSSR count). The van der Waals surface area contributed by atoms with E-state index in [0.717, 1.165) is 21.7 Å². The molecule has 0 aliphatic rings. The van der Waals surface area contributed by atoms with E-state index in [2.05, 4.69) is 15.2 Å². The number of rotatable bonds is 0. The van der Waals surface area contributed by atoms with Crippen molar-refractivity contribution in [1.82, 2.24) is 15.2 Å². The summed E-state index contributed by atoms with van der Waals surface area (Å²) in [7, 11) is 0. The number of anilines is 1. The summed E-state index contributed by atoms with van der Waals surface area (Å²) in [5.74, 6) is -0.286. The zero-order valence-electron chi connectivity index (χ0n) is 9.81. The number of pyridine rings is 1. The van der Waals surface area contributed by atoms with E-state index in [9.17, 15) is 4.39 Å². The third-order valence-corrected chi connectivity index (χ3v) is 3.39. The summed E-state index contributed by atoms with van der Waals surface area (Å²) >= 11 is 0. The van der Waals surface area contributed by atoms with Crippen molar-refractivity contribution < 1.29 is 4.39 Å². The molecule has 92 valence electrons. The number of halogens is 1. The van der Waals surface area contributed by atoms with Crippen LogP contribution >= 0.6 is 0 Å². The Morgan fingerprint density at radius 1 is 1.11 bits per heavy atom. The SMILES string of the molecule is Nc1cc2[nH]ncc2c2c1ncc1c(F)cccc12. The van der Waals surface area contributed by atoms with Gasteiger partial charge in [0.1, 0.15) is 5.82 Å². The summed E-state index contributed by atoms with van der Waals surface area (Å²) < 4.78 is 13.8. The number of aromatic nitrogens is 3. The number of benzene rings is 2. The van der Waals surface area contributed by atoms with Crippen LogP contribution in [0.25, 0.3) is 32.6 Å². The fourth-order valence-corrected chi connectivity index (χ4v) is 2.53. The molecule has 0 saturated carbocycles. The predicted octanol–water partition coefficient (Wildman–Crippen LogP) is 2.99. The predicted molar refractivity (Wildman–Crippen MR) is 73.3 cm³/mol. The number of nitrogens with one attached hydrogen (secondary N) is 1. The molecule has 2 aromatic heterocycles. The van der Waals surface area contributed by atoms with Gasteiger partial charge in [-0.25, -0.2) is 4.39 Å². The largest absolute Gasteiger partial charge is 0.397 e. The molecule has 0 unspecified atom stereocenters. The number of nitrogens with zero attached hydrogens (tertiary/aromatic N) is 2. The van der Waals surface area contributed by atoms with Crippen LogP contribution in [0.15, 0.2) is 36.7 Å². The van der Waals surface area contributed by atoms with Gasteiger partial charge in [0.15, 0.2) is 0 Å². The number of nitrogens with two attached hydrogens (primary N) is 1. The Bertz CT molecular complexity index is 942. The van der Waals surface area contributed by atoms with Crippen LogP contribution in [0.3, 0.4) is 0 Å². The van der Waals surface area contributed by atoms with Crippen molar-refractivity contribution in [2.45, 2.75) is 0 Å². The fourth-order valence-electron chi connectivity index (χ4n) is 2.53. The standard InChI is InChI=1S/C14H9FN4/c15-10-3-1-2-7-8(10)5-17-14-11(16)4-12-9(13(7)14)6-18-19-12/h1-6H,16H2,(H,18,19). The third kappa shape index (κ3) is 1.26. The second-order valence-electron chi connectivity index (χ2n) is 4.48. The molecule has 0 fully saturated rings. The van der Waals surface area contributed by atoms with Gasteiger partial charge in [0.25, 0.3) is 0 Å². The Kier molecular flexibility index (Phi) is 1.84. The Balaban J connectivity index is 2.41. The first-order valence-electron chi connectivity index (χ1n) is 5.84. The Morgan fingerprint density at radius 3 is 2.89 bits per heavy atom. The fraction of sp³-hybridized carbons (Fsp3) is 0. The molecule has 0 spiro atoms. The van der Waals surface area contributed by atoms with Gasteiger partial charge in [-0.2, -0.15) is 5.10 Å². The molecule has 0 aliphatic carbocycles. The Labute approximate surface area is 107 Å². The monoisotopic (exact) mass is 252 g/mol. The van der Waals surface area contributed by atoms with Crippen molar-refractivity contribution in [2.75, 3.05) is 5.73 Å². The quantitative estimate of drug-likeness (QED) is 0.373. The maximum Gasteiger partial charge on any atom is 0.132 e. The summed E-state index contributed by atoms with van der Waals surface area (Å²) in [6.45, 7) is 0. The number of nitrogen functional groups attached to an aromatic ring is 1. The van der Waals surface area contributed by atoms with E-state index in [1.807, 2.05) is 6.07 Å². The third-order valence-electron chi connectivity index (χ3n) is 3.39. The van der Waals surface area contributed by atoms with Crippen molar-refractivity contribution in [3.05, 3.63) is 42.5 Å². The van der Waals surface area contributed by atoms with Crippen LogP contribution in [0.5, 0.6) is 0 Å². The van der Waals surface area contributed by atoms with Gasteiger partial charge < -0.3 is 5.73 Å². The van der Waals surface area contributed by atoms with E-state index in [1.165, 1.54) is 12.3 Å². The van der Waals surface area contributed by atoms with Gasteiger partial charge in [0.05, 0.1) is 22.9 Å². The number of hydrogen-bond acceptors (Lipinski definition) is 3. The van der Waals surface area contributed by atoms with Gasteiger partial charge in [-0.15, -0.1) is 0 Å². The van der Waals surface area contributed by atoms with Gasteiger partial charge in [-0.05, 0) is 17.5 Å². The first-order chi connectivity index (χ1) is 9.25. The molecule has 0 amide bonds. The first kappa shape index (κ1) is 10.3. The van der Waals surface area contributed by atoms with E-state index >= 15 is 0 Å². The Morgan fingerprint density at radius 2 is 2.00 bits per heavy atom.